The number of aryl methyl sites for hydroxylation is 1. The Kier molecular flexibility index (Phi) is 5.77. The van der Waals surface area contributed by atoms with Gasteiger partial charge in [0.2, 0.25) is 5.88 Å². The van der Waals surface area contributed by atoms with E-state index in [0.29, 0.717) is 29.3 Å². The molecule has 1 aromatic carbocycles. The molecule has 2 aromatic heterocycles. The largest absolute Gasteiger partial charge is 0.477 e. The summed E-state index contributed by atoms with van der Waals surface area (Å²) < 4.78 is 5.95. The highest BCUT2D eigenvalue weighted by molar-refractivity contribution is 6.31. The van der Waals surface area contributed by atoms with E-state index in [9.17, 15) is 0 Å². The van der Waals surface area contributed by atoms with Gasteiger partial charge in [0.15, 0.2) is 0 Å². The van der Waals surface area contributed by atoms with Crippen LogP contribution in [0.15, 0.2) is 42.7 Å². The van der Waals surface area contributed by atoms with Gasteiger partial charge in [0.25, 0.3) is 0 Å². The quantitative estimate of drug-likeness (QED) is 0.510. The molecule has 136 valence electrons. The van der Waals surface area contributed by atoms with E-state index in [1.54, 1.807) is 0 Å². The Morgan fingerprint density at radius 1 is 1.08 bits per heavy atom. The average molecular weight is 369 g/mol. The maximum atomic E-state index is 6.18. The maximum Gasteiger partial charge on any atom is 0.216 e. The van der Waals surface area contributed by atoms with Crippen LogP contribution in [0.3, 0.4) is 0 Å². The molecule has 0 fully saturated rings. The molecule has 0 radical (unpaired) electrons. The molecular weight excluding hydrogens is 344 g/mol. The number of hydrogen-bond acceptors (Lipinski definition) is 3. The van der Waals surface area contributed by atoms with E-state index in [1.165, 1.54) is 0 Å². The Balaban J connectivity index is 1.85. The lowest BCUT2D eigenvalue weighted by molar-refractivity contribution is 0.230. The molecule has 0 spiro atoms. The minimum Gasteiger partial charge on any atom is -0.477 e. The van der Waals surface area contributed by atoms with Crippen LogP contribution in [0.5, 0.6) is 5.88 Å². The zero-order chi connectivity index (χ0) is 18.7. The van der Waals surface area contributed by atoms with Gasteiger partial charge in [-0.15, -0.1) is 0 Å². The van der Waals surface area contributed by atoms with E-state index in [2.05, 4.69) is 36.8 Å². The summed E-state index contributed by atoms with van der Waals surface area (Å²) in [4.78, 5) is 8.98. The molecule has 26 heavy (non-hydrogen) atoms. The van der Waals surface area contributed by atoms with Gasteiger partial charge < -0.3 is 4.74 Å². The molecule has 3 nitrogen and oxygen atoms in total. The van der Waals surface area contributed by atoms with Crippen LogP contribution in [-0.4, -0.2) is 16.6 Å². The number of nitrogens with zero attached hydrogens (tertiary/aromatic N) is 2. The first-order valence-corrected chi connectivity index (χ1v) is 9.46. The molecule has 0 aliphatic rings. The lowest BCUT2D eigenvalue weighted by Crippen LogP contribution is -2.12. The van der Waals surface area contributed by atoms with Crippen LogP contribution >= 0.6 is 11.6 Å². The van der Waals surface area contributed by atoms with Crippen molar-refractivity contribution >= 4 is 22.5 Å². The smallest absolute Gasteiger partial charge is 0.216 e. The monoisotopic (exact) mass is 368 g/mol. The predicted molar refractivity (Wildman–Crippen MR) is 109 cm³/mol. The fourth-order valence-electron chi connectivity index (χ4n) is 3.32. The van der Waals surface area contributed by atoms with Crippen LogP contribution in [0, 0.1) is 18.8 Å². The second-order valence-electron chi connectivity index (χ2n) is 7.41. The molecular formula is C22H25ClN2O. The van der Waals surface area contributed by atoms with Crippen molar-refractivity contribution in [3.63, 3.8) is 0 Å². The minimum absolute atomic E-state index is 0.516. The Bertz CT molecular complexity index is 908. The number of halogens is 1. The van der Waals surface area contributed by atoms with Gasteiger partial charge in [-0.3, -0.25) is 4.98 Å². The third-order valence-corrected chi connectivity index (χ3v) is 4.66. The molecule has 0 aliphatic heterocycles. The van der Waals surface area contributed by atoms with E-state index >= 15 is 0 Å². The molecule has 0 saturated heterocycles. The number of aromatic nitrogens is 2. The van der Waals surface area contributed by atoms with Gasteiger partial charge in [-0.05, 0) is 61.1 Å². The summed E-state index contributed by atoms with van der Waals surface area (Å²) in [6.45, 7) is 9.42. The molecule has 0 saturated carbocycles. The number of hydrogen-bond donors (Lipinski definition) is 0. The lowest BCUT2D eigenvalue weighted by Gasteiger charge is -2.16. The van der Waals surface area contributed by atoms with E-state index in [0.717, 1.165) is 34.0 Å². The zero-order valence-electron chi connectivity index (χ0n) is 15.8. The second kappa shape index (κ2) is 8.05. The summed E-state index contributed by atoms with van der Waals surface area (Å²) in [7, 11) is 0. The molecule has 3 aromatic rings. The van der Waals surface area contributed by atoms with Crippen molar-refractivity contribution in [2.45, 2.75) is 34.1 Å². The van der Waals surface area contributed by atoms with Crippen LogP contribution in [-0.2, 0) is 0 Å². The van der Waals surface area contributed by atoms with E-state index in [4.69, 9.17) is 16.3 Å². The fraction of sp³-hybridized carbons (Fsp3) is 0.364. The summed E-state index contributed by atoms with van der Waals surface area (Å²) in [6, 6.07) is 9.87. The fourth-order valence-corrected chi connectivity index (χ4v) is 3.50. The number of fused-ring (bicyclic) bond motifs is 1. The van der Waals surface area contributed by atoms with Gasteiger partial charge in [0.05, 0.1) is 12.1 Å². The van der Waals surface area contributed by atoms with Crippen molar-refractivity contribution in [1.29, 1.82) is 0 Å². The summed E-state index contributed by atoms with van der Waals surface area (Å²) >= 11 is 6.18. The summed E-state index contributed by atoms with van der Waals surface area (Å²) in [5.41, 5.74) is 4.08. The third-order valence-electron chi connectivity index (χ3n) is 4.42. The number of benzene rings is 1. The number of ether oxygens (including phenoxy) is 1. The Morgan fingerprint density at radius 2 is 1.88 bits per heavy atom. The van der Waals surface area contributed by atoms with Crippen LogP contribution < -0.4 is 4.74 Å². The van der Waals surface area contributed by atoms with Crippen molar-refractivity contribution in [3.05, 3.63) is 53.3 Å². The highest BCUT2D eigenvalue weighted by Gasteiger charge is 2.11. The molecule has 0 bridgehead atoms. The van der Waals surface area contributed by atoms with Crippen molar-refractivity contribution in [1.82, 2.24) is 9.97 Å². The van der Waals surface area contributed by atoms with Crippen molar-refractivity contribution in [2.24, 2.45) is 11.8 Å². The Labute approximate surface area is 160 Å². The van der Waals surface area contributed by atoms with Crippen molar-refractivity contribution in [2.75, 3.05) is 6.61 Å². The Morgan fingerprint density at radius 3 is 2.62 bits per heavy atom. The van der Waals surface area contributed by atoms with Gasteiger partial charge >= 0.3 is 0 Å². The first-order chi connectivity index (χ1) is 12.4. The SMILES string of the molecule is Cc1cc(-c2ccnc3ccc(Cl)cc23)cnc1OCC(C)CC(C)C. The topological polar surface area (TPSA) is 35.0 Å². The molecule has 4 heteroatoms. The van der Waals surface area contributed by atoms with Gasteiger partial charge in [-0.1, -0.05) is 32.4 Å². The van der Waals surface area contributed by atoms with Gasteiger partial charge in [0.1, 0.15) is 0 Å². The molecule has 2 heterocycles. The van der Waals surface area contributed by atoms with Crippen LogP contribution in [0.2, 0.25) is 5.02 Å². The van der Waals surface area contributed by atoms with Crippen molar-refractivity contribution < 1.29 is 4.74 Å². The number of pyridine rings is 2. The van der Waals surface area contributed by atoms with E-state index < -0.39 is 0 Å². The summed E-state index contributed by atoms with van der Waals surface area (Å²) in [6.07, 6.45) is 4.84. The minimum atomic E-state index is 0.516. The van der Waals surface area contributed by atoms with Crippen LogP contribution in [0.25, 0.3) is 22.0 Å². The third kappa shape index (κ3) is 4.34. The summed E-state index contributed by atoms with van der Waals surface area (Å²) in [5, 5.41) is 1.73. The van der Waals surface area contributed by atoms with Gasteiger partial charge in [-0.2, -0.15) is 0 Å². The van der Waals surface area contributed by atoms with Crippen LogP contribution in [0.4, 0.5) is 0 Å². The highest BCUT2D eigenvalue weighted by Crippen LogP contribution is 2.31. The predicted octanol–water partition coefficient (Wildman–Crippen LogP) is 6.32. The van der Waals surface area contributed by atoms with Gasteiger partial charge in [0, 0.05) is 33.9 Å². The molecule has 0 amide bonds. The highest BCUT2D eigenvalue weighted by atomic mass is 35.5. The first kappa shape index (κ1) is 18.7. The lowest BCUT2D eigenvalue weighted by atomic mass is 10.00. The standard InChI is InChI=1S/C22H25ClN2O/c1-14(2)9-15(3)13-26-22-16(4)10-17(12-25-22)19-7-8-24-21-6-5-18(23)11-20(19)21/h5-8,10-12,14-15H,9,13H2,1-4H3. The molecule has 1 atom stereocenters. The van der Waals surface area contributed by atoms with E-state index in [1.807, 2.05) is 43.6 Å². The molecule has 1 unspecified atom stereocenters. The van der Waals surface area contributed by atoms with Gasteiger partial charge in [-0.25, -0.2) is 4.98 Å². The van der Waals surface area contributed by atoms with Crippen molar-refractivity contribution in [3.8, 4) is 17.0 Å². The molecule has 0 aliphatic carbocycles. The normalized spacial score (nSPS) is 12.5. The molecule has 3 rings (SSSR count). The van der Waals surface area contributed by atoms with Crippen LogP contribution in [0.1, 0.15) is 32.8 Å². The zero-order valence-corrected chi connectivity index (χ0v) is 16.5. The summed E-state index contributed by atoms with van der Waals surface area (Å²) in [5.74, 6) is 1.90. The average Bonchev–Trinajstić information content (AvgIpc) is 2.59. The van der Waals surface area contributed by atoms with E-state index in [-0.39, 0.29) is 0 Å². The molecule has 0 N–H and O–H groups in total. The first-order valence-electron chi connectivity index (χ1n) is 9.08. The Hall–Kier alpha value is -2.13. The number of rotatable bonds is 6. The second-order valence-corrected chi connectivity index (χ2v) is 7.85. The maximum absolute atomic E-state index is 6.18.